The van der Waals surface area contributed by atoms with Crippen molar-refractivity contribution in [1.82, 2.24) is 29.4 Å². The standard InChI is InChI=1S/C16H14N6O/c1-21-13(8-10-18-21)14-7-9-17-16-19-15(20-22(14)16)11-3-5-12(23-2)6-4-11/h3-10H,1-2H3. The normalized spacial score (nSPS) is 11.0. The van der Waals surface area contributed by atoms with Crippen molar-refractivity contribution in [2.75, 3.05) is 7.11 Å². The highest BCUT2D eigenvalue weighted by Gasteiger charge is 2.13. The van der Waals surface area contributed by atoms with Crippen LogP contribution in [-0.4, -0.2) is 36.5 Å². The molecular weight excluding hydrogens is 292 g/mol. The van der Waals surface area contributed by atoms with Crippen molar-refractivity contribution in [2.24, 2.45) is 7.05 Å². The third kappa shape index (κ3) is 2.22. The second-order valence-electron chi connectivity index (χ2n) is 5.05. The number of rotatable bonds is 3. The van der Waals surface area contributed by atoms with Gasteiger partial charge in [-0.3, -0.25) is 4.68 Å². The van der Waals surface area contributed by atoms with Crippen LogP contribution in [0, 0.1) is 0 Å². The molecule has 0 radical (unpaired) electrons. The molecule has 0 atom stereocenters. The first-order valence-corrected chi connectivity index (χ1v) is 7.11. The maximum absolute atomic E-state index is 5.18. The molecule has 114 valence electrons. The van der Waals surface area contributed by atoms with Gasteiger partial charge in [-0.05, 0) is 36.4 Å². The molecule has 3 aromatic heterocycles. The molecular formula is C16H14N6O. The highest BCUT2D eigenvalue weighted by Crippen LogP contribution is 2.22. The SMILES string of the molecule is COc1ccc(-c2nc3nccc(-c4ccnn4C)n3n2)cc1. The molecule has 7 heteroatoms. The number of ether oxygens (including phenoxy) is 1. The number of methoxy groups -OCH3 is 1. The minimum Gasteiger partial charge on any atom is -0.497 e. The van der Waals surface area contributed by atoms with Crippen LogP contribution in [-0.2, 0) is 7.05 Å². The predicted molar refractivity (Wildman–Crippen MR) is 85.0 cm³/mol. The van der Waals surface area contributed by atoms with Crippen LogP contribution in [0.15, 0.2) is 48.8 Å². The third-order valence-electron chi connectivity index (χ3n) is 3.67. The number of hydrogen-bond donors (Lipinski definition) is 0. The molecule has 7 nitrogen and oxygen atoms in total. The van der Waals surface area contributed by atoms with Crippen molar-refractivity contribution >= 4 is 5.78 Å². The van der Waals surface area contributed by atoms with E-state index in [9.17, 15) is 0 Å². The van der Waals surface area contributed by atoms with Crippen LogP contribution < -0.4 is 4.74 Å². The van der Waals surface area contributed by atoms with Crippen LogP contribution in [0.1, 0.15) is 0 Å². The van der Waals surface area contributed by atoms with Crippen LogP contribution in [0.4, 0.5) is 0 Å². The summed E-state index contributed by atoms with van der Waals surface area (Å²) in [7, 11) is 3.53. The Morgan fingerprint density at radius 2 is 1.74 bits per heavy atom. The maximum atomic E-state index is 5.18. The summed E-state index contributed by atoms with van der Waals surface area (Å²) in [6.45, 7) is 0. The van der Waals surface area contributed by atoms with Gasteiger partial charge in [0.1, 0.15) is 5.75 Å². The molecule has 0 fully saturated rings. The third-order valence-corrected chi connectivity index (χ3v) is 3.67. The molecule has 4 aromatic rings. The van der Waals surface area contributed by atoms with Gasteiger partial charge in [0.15, 0.2) is 5.82 Å². The van der Waals surface area contributed by atoms with Gasteiger partial charge < -0.3 is 4.74 Å². The Morgan fingerprint density at radius 1 is 0.957 bits per heavy atom. The van der Waals surface area contributed by atoms with E-state index >= 15 is 0 Å². The van der Waals surface area contributed by atoms with Crippen LogP contribution >= 0.6 is 0 Å². The lowest BCUT2D eigenvalue weighted by atomic mass is 10.2. The summed E-state index contributed by atoms with van der Waals surface area (Å²) in [5.74, 6) is 1.97. The molecule has 0 aliphatic rings. The number of benzene rings is 1. The molecule has 3 heterocycles. The van der Waals surface area contributed by atoms with Crippen molar-refractivity contribution in [3.8, 4) is 28.5 Å². The Hall–Kier alpha value is -3.22. The van der Waals surface area contributed by atoms with Crippen molar-refractivity contribution < 1.29 is 4.74 Å². The number of aryl methyl sites for hydroxylation is 1. The van der Waals surface area contributed by atoms with Crippen molar-refractivity contribution in [2.45, 2.75) is 0 Å². The monoisotopic (exact) mass is 306 g/mol. The fourth-order valence-corrected chi connectivity index (χ4v) is 2.48. The lowest BCUT2D eigenvalue weighted by Gasteiger charge is -2.03. The molecule has 0 spiro atoms. The lowest BCUT2D eigenvalue weighted by molar-refractivity contribution is 0.415. The summed E-state index contributed by atoms with van der Waals surface area (Å²) >= 11 is 0. The molecule has 0 bridgehead atoms. The minimum atomic E-state index is 0.550. The van der Waals surface area contributed by atoms with E-state index in [1.807, 2.05) is 43.4 Å². The molecule has 0 saturated heterocycles. The molecule has 1 aromatic carbocycles. The first-order chi connectivity index (χ1) is 11.3. The summed E-state index contributed by atoms with van der Waals surface area (Å²) in [5.41, 5.74) is 2.75. The minimum absolute atomic E-state index is 0.550. The van der Waals surface area contributed by atoms with E-state index in [0.29, 0.717) is 11.6 Å². The van der Waals surface area contributed by atoms with Crippen LogP contribution in [0.2, 0.25) is 0 Å². The largest absolute Gasteiger partial charge is 0.497 e. The average molecular weight is 306 g/mol. The second-order valence-corrected chi connectivity index (χ2v) is 5.05. The van der Waals surface area contributed by atoms with E-state index in [1.54, 1.807) is 28.7 Å². The van der Waals surface area contributed by atoms with E-state index in [-0.39, 0.29) is 0 Å². The molecule has 4 rings (SSSR count). The van der Waals surface area contributed by atoms with E-state index in [4.69, 9.17) is 4.74 Å². The molecule has 23 heavy (non-hydrogen) atoms. The summed E-state index contributed by atoms with van der Waals surface area (Å²) in [4.78, 5) is 8.81. The Labute approximate surface area is 132 Å². The van der Waals surface area contributed by atoms with Gasteiger partial charge in [0.05, 0.1) is 18.5 Å². The summed E-state index contributed by atoms with van der Waals surface area (Å²) in [6.07, 6.45) is 3.48. The van der Waals surface area contributed by atoms with Gasteiger partial charge in [-0.1, -0.05) is 0 Å². The maximum Gasteiger partial charge on any atom is 0.253 e. The van der Waals surface area contributed by atoms with E-state index < -0.39 is 0 Å². The quantitative estimate of drug-likeness (QED) is 0.580. The summed E-state index contributed by atoms with van der Waals surface area (Å²) < 4.78 is 8.71. The first-order valence-electron chi connectivity index (χ1n) is 7.11. The van der Waals surface area contributed by atoms with Gasteiger partial charge in [-0.25, -0.2) is 4.98 Å². The lowest BCUT2D eigenvalue weighted by Crippen LogP contribution is -2.00. The summed E-state index contributed by atoms with van der Waals surface area (Å²) in [5, 5.41) is 8.80. The molecule has 0 aliphatic heterocycles. The topological polar surface area (TPSA) is 70.1 Å². The number of nitrogens with zero attached hydrogens (tertiary/aromatic N) is 6. The Bertz CT molecular complexity index is 970. The zero-order valence-corrected chi connectivity index (χ0v) is 12.7. The zero-order chi connectivity index (χ0) is 15.8. The van der Waals surface area contributed by atoms with Gasteiger partial charge in [-0.2, -0.15) is 14.6 Å². The van der Waals surface area contributed by atoms with Crippen molar-refractivity contribution in [3.63, 3.8) is 0 Å². The van der Waals surface area contributed by atoms with Gasteiger partial charge in [0.25, 0.3) is 5.78 Å². The Kier molecular flexibility index (Phi) is 3.04. The van der Waals surface area contributed by atoms with Crippen LogP contribution in [0.3, 0.4) is 0 Å². The second kappa shape index (κ2) is 5.20. The zero-order valence-electron chi connectivity index (χ0n) is 12.7. The molecule has 0 unspecified atom stereocenters. The van der Waals surface area contributed by atoms with Gasteiger partial charge in [0.2, 0.25) is 0 Å². The molecule has 0 aliphatic carbocycles. The Morgan fingerprint density at radius 3 is 2.43 bits per heavy atom. The predicted octanol–water partition coefficient (Wildman–Crippen LogP) is 2.20. The fraction of sp³-hybridized carbons (Fsp3) is 0.125. The van der Waals surface area contributed by atoms with Crippen molar-refractivity contribution in [3.05, 3.63) is 48.8 Å². The number of fused-ring (bicyclic) bond motifs is 1. The smallest absolute Gasteiger partial charge is 0.253 e. The molecule has 0 N–H and O–H groups in total. The average Bonchev–Trinajstić information content (AvgIpc) is 3.20. The van der Waals surface area contributed by atoms with E-state index in [0.717, 1.165) is 22.7 Å². The molecule has 0 saturated carbocycles. The first kappa shape index (κ1) is 13.4. The van der Waals surface area contributed by atoms with Crippen LogP contribution in [0.5, 0.6) is 5.75 Å². The summed E-state index contributed by atoms with van der Waals surface area (Å²) in [6, 6.07) is 11.5. The highest BCUT2D eigenvalue weighted by atomic mass is 16.5. The molecule has 0 amide bonds. The van der Waals surface area contributed by atoms with Gasteiger partial charge in [-0.15, -0.1) is 5.10 Å². The number of aromatic nitrogens is 6. The van der Waals surface area contributed by atoms with E-state index in [1.165, 1.54) is 0 Å². The van der Waals surface area contributed by atoms with Crippen molar-refractivity contribution in [1.29, 1.82) is 0 Å². The van der Waals surface area contributed by atoms with Crippen LogP contribution in [0.25, 0.3) is 28.6 Å². The van der Waals surface area contributed by atoms with Gasteiger partial charge in [0, 0.05) is 25.0 Å². The fourth-order valence-electron chi connectivity index (χ4n) is 2.48. The Balaban J connectivity index is 1.86. The van der Waals surface area contributed by atoms with E-state index in [2.05, 4.69) is 20.2 Å². The number of hydrogen-bond acceptors (Lipinski definition) is 5. The van der Waals surface area contributed by atoms with Gasteiger partial charge >= 0.3 is 0 Å². The highest BCUT2D eigenvalue weighted by molar-refractivity contribution is 5.62.